The summed E-state index contributed by atoms with van der Waals surface area (Å²) in [6.45, 7) is 3.02. The molecule has 0 aliphatic carbocycles. The molecule has 0 aliphatic heterocycles. The largest absolute Gasteiger partial charge is 0.457 e. The van der Waals surface area contributed by atoms with Gasteiger partial charge in [-0.1, -0.05) is 36.4 Å². The first-order chi connectivity index (χ1) is 22.2. The van der Waals surface area contributed by atoms with E-state index in [2.05, 4.69) is 10.2 Å². The fraction of sp³-hybridized carbons (Fsp3) is 0.222. The summed E-state index contributed by atoms with van der Waals surface area (Å²) in [5, 5.41) is 27.7. The average molecular weight is 617 g/mol. The molecule has 2 unspecified atom stereocenters. The van der Waals surface area contributed by atoms with E-state index in [0.717, 1.165) is 0 Å². The second-order valence-corrected chi connectivity index (χ2v) is 10.7. The lowest BCUT2D eigenvalue weighted by atomic mass is 9.97. The van der Waals surface area contributed by atoms with E-state index in [1.54, 1.807) is 48.5 Å². The molecule has 2 atom stereocenters. The van der Waals surface area contributed by atoms with Crippen molar-refractivity contribution in [2.45, 2.75) is 50.6 Å². The highest BCUT2D eigenvalue weighted by molar-refractivity contribution is 5.73. The number of para-hydroxylation sites is 2. The number of ether oxygens (including phenoxy) is 4. The Morgan fingerprint density at radius 3 is 1.17 bits per heavy atom. The zero-order valence-electron chi connectivity index (χ0n) is 25.5. The van der Waals surface area contributed by atoms with Crippen molar-refractivity contribution < 1.29 is 28.5 Å². The lowest BCUT2D eigenvalue weighted by molar-refractivity contribution is -0.135. The maximum atomic E-state index is 12.5. The summed E-state index contributed by atoms with van der Waals surface area (Å²) in [7, 11) is 0. The van der Waals surface area contributed by atoms with Gasteiger partial charge in [-0.2, -0.15) is 20.8 Å². The first kappa shape index (κ1) is 32.9. The molecule has 4 aromatic rings. The molecule has 0 aromatic heterocycles. The zero-order valence-corrected chi connectivity index (χ0v) is 25.5. The maximum Gasteiger partial charge on any atom is 0.311 e. The molecule has 0 amide bonds. The quantitative estimate of drug-likeness (QED) is 0.0781. The van der Waals surface area contributed by atoms with Gasteiger partial charge in [0.15, 0.2) is 11.1 Å². The van der Waals surface area contributed by atoms with Gasteiger partial charge in [-0.15, -0.1) is 0 Å². The SMILES string of the molecule is CC(C#N)(CCC(=O)Oc1ccc(Oc2ccccc2)cc1)N=NC(C)(C#N)CCC(=O)Oc1ccc(Oc2ccccc2)cc1. The number of carbonyl (C=O) groups excluding carboxylic acids is 2. The van der Waals surface area contributed by atoms with Crippen LogP contribution in [0.15, 0.2) is 119 Å². The summed E-state index contributed by atoms with van der Waals surface area (Å²) in [5.74, 6) is 2.07. The third-order valence-electron chi connectivity index (χ3n) is 6.67. The molecule has 0 spiro atoms. The summed E-state index contributed by atoms with van der Waals surface area (Å²) in [5.41, 5.74) is -2.79. The topological polar surface area (TPSA) is 143 Å². The van der Waals surface area contributed by atoms with Crippen LogP contribution in [0.5, 0.6) is 34.5 Å². The number of hydrogen-bond donors (Lipinski definition) is 0. The molecule has 10 nitrogen and oxygen atoms in total. The van der Waals surface area contributed by atoms with Crippen molar-refractivity contribution in [2.24, 2.45) is 10.2 Å². The van der Waals surface area contributed by atoms with Gasteiger partial charge in [0, 0.05) is 12.8 Å². The minimum atomic E-state index is -1.39. The van der Waals surface area contributed by atoms with Gasteiger partial charge < -0.3 is 18.9 Å². The van der Waals surface area contributed by atoms with E-state index in [-0.39, 0.29) is 25.7 Å². The standard InChI is InChI=1S/C36H32N4O6/c1-35(25-37,23-21-33(41)45-31-17-13-29(14-18-31)43-27-9-5-3-6-10-27)39-40-36(2,26-38)24-22-34(42)46-32-19-15-30(16-20-32)44-28-11-7-4-8-12-28/h3-20H,21-24H2,1-2H3. The molecule has 0 radical (unpaired) electrons. The van der Waals surface area contributed by atoms with E-state index in [4.69, 9.17) is 18.9 Å². The number of nitriles is 2. The number of nitrogens with zero attached hydrogens (tertiary/aromatic N) is 4. The monoisotopic (exact) mass is 616 g/mol. The Morgan fingerprint density at radius 2 is 0.848 bits per heavy atom. The predicted molar refractivity (Wildman–Crippen MR) is 169 cm³/mol. The number of rotatable bonds is 14. The van der Waals surface area contributed by atoms with Gasteiger partial charge in [-0.3, -0.25) is 9.59 Å². The van der Waals surface area contributed by atoms with Crippen LogP contribution in [0.4, 0.5) is 0 Å². The first-order valence-electron chi connectivity index (χ1n) is 14.5. The predicted octanol–water partition coefficient (Wildman–Crippen LogP) is 8.36. The summed E-state index contributed by atoms with van der Waals surface area (Å²) >= 11 is 0. The third-order valence-corrected chi connectivity index (χ3v) is 6.67. The van der Waals surface area contributed by atoms with Crippen molar-refractivity contribution in [3.63, 3.8) is 0 Å². The number of benzene rings is 4. The molecule has 0 fully saturated rings. The Morgan fingerprint density at radius 1 is 0.543 bits per heavy atom. The summed E-state index contributed by atoms with van der Waals surface area (Å²) in [6.07, 6.45) is -0.213. The summed E-state index contributed by atoms with van der Waals surface area (Å²) in [4.78, 5) is 25.0. The van der Waals surface area contributed by atoms with Crippen molar-refractivity contribution in [1.29, 1.82) is 10.5 Å². The van der Waals surface area contributed by atoms with Crippen molar-refractivity contribution in [2.75, 3.05) is 0 Å². The summed E-state index contributed by atoms with van der Waals surface area (Å²) in [6, 6.07) is 35.8. The van der Waals surface area contributed by atoms with E-state index in [9.17, 15) is 20.1 Å². The molecule has 232 valence electrons. The van der Waals surface area contributed by atoms with Crippen molar-refractivity contribution in [3.8, 4) is 46.6 Å². The van der Waals surface area contributed by atoms with Crippen molar-refractivity contribution >= 4 is 11.9 Å². The lowest BCUT2D eigenvalue weighted by Crippen LogP contribution is -2.26. The van der Waals surface area contributed by atoms with Gasteiger partial charge in [0.2, 0.25) is 0 Å². The number of hydrogen-bond acceptors (Lipinski definition) is 10. The molecule has 0 N–H and O–H groups in total. The number of esters is 2. The number of carbonyl (C=O) groups is 2. The van der Waals surface area contributed by atoms with E-state index >= 15 is 0 Å². The summed E-state index contributed by atoms with van der Waals surface area (Å²) < 4.78 is 22.2. The molecular weight excluding hydrogens is 584 g/mol. The average Bonchev–Trinajstić information content (AvgIpc) is 3.08. The second-order valence-electron chi connectivity index (χ2n) is 10.7. The molecule has 4 aromatic carbocycles. The highest BCUT2D eigenvalue weighted by Crippen LogP contribution is 2.27. The molecular formula is C36H32N4O6. The Kier molecular flexibility index (Phi) is 11.2. The van der Waals surface area contributed by atoms with Crippen LogP contribution >= 0.6 is 0 Å². The van der Waals surface area contributed by atoms with E-state index in [1.165, 1.54) is 13.8 Å². The van der Waals surface area contributed by atoms with Gasteiger partial charge >= 0.3 is 11.9 Å². The number of azo groups is 1. The molecule has 4 rings (SSSR count). The normalized spacial score (nSPS) is 13.3. The van der Waals surface area contributed by atoms with Crippen LogP contribution < -0.4 is 18.9 Å². The van der Waals surface area contributed by atoms with Crippen LogP contribution in [0.3, 0.4) is 0 Å². The van der Waals surface area contributed by atoms with Gasteiger partial charge in [-0.05, 0) is 99.5 Å². The molecule has 46 heavy (non-hydrogen) atoms. The molecule has 10 heteroatoms. The van der Waals surface area contributed by atoms with Crippen LogP contribution in [0.1, 0.15) is 39.5 Å². The molecule has 0 heterocycles. The van der Waals surface area contributed by atoms with Crippen LogP contribution in [0.25, 0.3) is 0 Å². The van der Waals surface area contributed by atoms with Crippen molar-refractivity contribution in [3.05, 3.63) is 109 Å². The molecule has 0 saturated carbocycles. The van der Waals surface area contributed by atoms with Gasteiger partial charge in [0.25, 0.3) is 0 Å². The zero-order chi connectivity index (χ0) is 32.8. The Hall–Kier alpha value is -6.00. The Bertz CT molecular complexity index is 1590. The van der Waals surface area contributed by atoms with Crippen LogP contribution in [0, 0.1) is 22.7 Å². The van der Waals surface area contributed by atoms with Crippen LogP contribution in [-0.4, -0.2) is 23.0 Å². The second kappa shape index (κ2) is 15.6. The Labute approximate surface area is 267 Å². The van der Waals surface area contributed by atoms with E-state index < -0.39 is 23.0 Å². The maximum absolute atomic E-state index is 12.5. The van der Waals surface area contributed by atoms with Crippen LogP contribution in [-0.2, 0) is 9.59 Å². The van der Waals surface area contributed by atoms with Crippen LogP contribution in [0.2, 0.25) is 0 Å². The third kappa shape index (κ3) is 10.3. The minimum Gasteiger partial charge on any atom is -0.457 e. The highest BCUT2D eigenvalue weighted by Gasteiger charge is 2.30. The molecule has 0 bridgehead atoms. The molecule has 0 aliphatic rings. The first-order valence-corrected chi connectivity index (χ1v) is 14.5. The molecule has 0 saturated heterocycles. The fourth-order valence-corrected chi connectivity index (χ4v) is 3.93. The highest BCUT2D eigenvalue weighted by atomic mass is 16.5. The van der Waals surface area contributed by atoms with E-state index in [1.807, 2.05) is 72.8 Å². The Balaban J connectivity index is 1.23. The smallest absolute Gasteiger partial charge is 0.311 e. The van der Waals surface area contributed by atoms with Gasteiger partial charge in [0.05, 0.1) is 12.1 Å². The van der Waals surface area contributed by atoms with Gasteiger partial charge in [-0.25, -0.2) is 0 Å². The van der Waals surface area contributed by atoms with Gasteiger partial charge in [0.1, 0.15) is 34.5 Å². The van der Waals surface area contributed by atoms with E-state index in [0.29, 0.717) is 34.5 Å². The lowest BCUT2D eigenvalue weighted by Gasteiger charge is -2.19. The van der Waals surface area contributed by atoms with Crippen molar-refractivity contribution in [1.82, 2.24) is 0 Å². The fourth-order valence-electron chi connectivity index (χ4n) is 3.93. The minimum absolute atomic E-state index is 0.00850.